The topological polar surface area (TPSA) is 237 Å². The first-order valence-corrected chi connectivity index (χ1v) is 46.3. The number of unbranched alkanes of at least 4 members (excludes halogenated alkanes) is 44. The number of hydrogen-bond donors (Lipinski definition) is 3. The van der Waals surface area contributed by atoms with Gasteiger partial charge in [0.2, 0.25) is 0 Å². The Morgan fingerprint density at radius 2 is 0.466 bits per heavy atom. The summed E-state index contributed by atoms with van der Waals surface area (Å²) in [6, 6.07) is 0. The van der Waals surface area contributed by atoms with E-state index in [1.165, 1.54) is 231 Å². The summed E-state index contributed by atoms with van der Waals surface area (Å²) in [5.41, 5.74) is 0. The lowest BCUT2D eigenvalue weighted by atomic mass is 9.99. The van der Waals surface area contributed by atoms with Gasteiger partial charge in [0.25, 0.3) is 0 Å². The lowest BCUT2D eigenvalue weighted by Gasteiger charge is -2.21. The van der Waals surface area contributed by atoms with Gasteiger partial charge in [-0.3, -0.25) is 37.3 Å². The van der Waals surface area contributed by atoms with Crippen molar-refractivity contribution in [3.8, 4) is 0 Å². The van der Waals surface area contributed by atoms with E-state index >= 15 is 0 Å². The van der Waals surface area contributed by atoms with Crippen molar-refractivity contribution < 1.29 is 80.2 Å². The highest BCUT2D eigenvalue weighted by atomic mass is 31.2. The second-order valence-corrected chi connectivity index (χ2v) is 34.3. The molecule has 0 aromatic rings. The van der Waals surface area contributed by atoms with Gasteiger partial charge in [-0.15, -0.1) is 0 Å². The first-order valence-electron chi connectivity index (χ1n) is 43.3. The lowest BCUT2D eigenvalue weighted by molar-refractivity contribution is -0.161. The van der Waals surface area contributed by atoms with Gasteiger partial charge in [-0.1, -0.05) is 383 Å². The Kier molecular flexibility index (Phi) is 71.5. The van der Waals surface area contributed by atoms with Gasteiger partial charge in [0.15, 0.2) is 12.2 Å². The fourth-order valence-corrected chi connectivity index (χ4v) is 14.4. The average Bonchev–Trinajstić information content (AvgIpc) is 0.941. The quantitative estimate of drug-likeness (QED) is 0.0222. The summed E-state index contributed by atoms with van der Waals surface area (Å²) in [6.07, 6.45) is 61.1. The molecule has 17 nitrogen and oxygen atoms in total. The van der Waals surface area contributed by atoms with E-state index in [9.17, 15) is 43.2 Å². The van der Waals surface area contributed by atoms with Crippen LogP contribution in [0.3, 0.4) is 0 Å². The smallest absolute Gasteiger partial charge is 0.462 e. The van der Waals surface area contributed by atoms with Crippen molar-refractivity contribution in [2.75, 3.05) is 39.6 Å². The van der Waals surface area contributed by atoms with Crippen molar-refractivity contribution in [2.24, 2.45) is 23.7 Å². The number of phosphoric acid groups is 2. The van der Waals surface area contributed by atoms with Crippen LogP contribution in [0.4, 0.5) is 0 Å². The summed E-state index contributed by atoms with van der Waals surface area (Å²) in [5.74, 6) is 1.07. The molecule has 0 aliphatic heterocycles. The van der Waals surface area contributed by atoms with Crippen LogP contribution in [0.25, 0.3) is 0 Å². The Morgan fingerprint density at radius 3 is 0.689 bits per heavy atom. The van der Waals surface area contributed by atoms with Gasteiger partial charge in [0.05, 0.1) is 26.4 Å². The highest BCUT2D eigenvalue weighted by Gasteiger charge is 2.30. The van der Waals surface area contributed by atoms with Crippen molar-refractivity contribution in [1.29, 1.82) is 0 Å². The minimum absolute atomic E-state index is 0.105. The van der Waals surface area contributed by atoms with Crippen LogP contribution in [-0.4, -0.2) is 96.7 Å². The fraction of sp³-hybridized carbons (Fsp3) is 0.952. The van der Waals surface area contributed by atoms with E-state index in [2.05, 4.69) is 55.4 Å². The molecule has 612 valence electrons. The summed E-state index contributed by atoms with van der Waals surface area (Å²) >= 11 is 0. The molecule has 0 aliphatic carbocycles. The molecule has 5 unspecified atom stereocenters. The number of aliphatic hydroxyl groups is 1. The number of rotatable bonds is 81. The molecule has 0 bridgehead atoms. The van der Waals surface area contributed by atoms with Crippen LogP contribution in [0, 0.1) is 23.7 Å². The van der Waals surface area contributed by atoms with E-state index in [0.717, 1.165) is 120 Å². The van der Waals surface area contributed by atoms with E-state index in [0.29, 0.717) is 25.7 Å². The minimum atomic E-state index is -4.96. The third-order valence-electron chi connectivity index (χ3n) is 20.7. The second kappa shape index (κ2) is 72.9. The van der Waals surface area contributed by atoms with Crippen LogP contribution >= 0.6 is 15.6 Å². The fourth-order valence-electron chi connectivity index (χ4n) is 12.9. The number of hydrogen-bond acceptors (Lipinski definition) is 15. The molecule has 0 saturated heterocycles. The van der Waals surface area contributed by atoms with Gasteiger partial charge in [0, 0.05) is 25.7 Å². The van der Waals surface area contributed by atoms with Gasteiger partial charge in [-0.05, 0) is 49.4 Å². The Hall–Kier alpha value is -1.94. The molecular weight excluding hydrogens is 1340 g/mol. The number of aliphatic hydroxyl groups excluding tert-OH is 1. The Balaban J connectivity index is 5.17. The maximum atomic E-state index is 13.1. The van der Waals surface area contributed by atoms with Crippen LogP contribution in [0.1, 0.15) is 434 Å². The first-order chi connectivity index (χ1) is 49.7. The Bertz CT molecular complexity index is 2010. The van der Waals surface area contributed by atoms with Crippen molar-refractivity contribution in [2.45, 2.75) is 453 Å². The molecule has 0 aliphatic rings. The molecule has 0 amide bonds. The summed E-state index contributed by atoms with van der Waals surface area (Å²) in [5, 5.41) is 10.7. The molecule has 0 aromatic carbocycles. The molecule has 3 N–H and O–H groups in total. The SMILES string of the molecule is CCC(C)CCCCCCCCCCCCCCCCCCCCC(=O)O[C@H](COC(=O)CCCCCCCCC(C)CC)COP(=O)(O)OC[C@H](O)COP(=O)(O)OC[C@@H](COC(=O)CCCCCCCCCCCCCCCCCCC(C)C)OC(=O)CCCCCCCCCCC(C)CC. The lowest BCUT2D eigenvalue weighted by Crippen LogP contribution is -2.30. The van der Waals surface area contributed by atoms with Crippen molar-refractivity contribution in [1.82, 2.24) is 0 Å². The molecule has 0 spiro atoms. The minimum Gasteiger partial charge on any atom is -0.462 e. The number of ether oxygens (including phenoxy) is 4. The molecule has 8 atom stereocenters. The number of carbonyl (C=O) groups excluding carboxylic acids is 4. The number of carbonyl (C=O) groups is 4. The number of esters is 4. The zero-order chi connectivity index (χ0) is 76.0. The molecule has 19 heteroatoms. The zero-order valence-electron chi connectivity index (χ0n) is 68.0. The summed E-state index contributed by atoms with van der Waals surface area (Å²) in [6.45, 7) is 14.3. The summed E-state index contributed by atoms with van der Waals surface area (Å²) < 4.78 is 68.8. The monoisotopic (exact) mass is 1510 g/mol. The van der Waals surface area contributed by atoms with Gasteiger partial charge < -0.3 is 33.8 Å². The van der Waals surface area contributed by atoms with Gasteiger partial charge in [-0.25, -0.2) is 9.13 Å². The summed E-state index contributed by atoms with van der Waals surface area (Å²) in [4.78, 5) is 73.1. The Morgan fingerprint density at radius 1 is 0.272 bits per heavy atom. The van der Waals surface area contributed by atoms with E-state index in [1.807, 2.05) is 0 Å². The molecule has 0 heterocycles. The van der Waals surface area contributed by atoms with Crippen LogP contribution in [0.15, 0.2) is 0 Å². The maximum Gasteiger partial charge on any atom is 0.472 e. The highest BCUT2D eigenvalue weighted by Crippen LogP contribution is 2.45. The maximum absolute atomic E-state index is 13.1. The third kappa shape index (κ3) is 74.0. The first kappa shape index (κ1) is 101. The Labute approximate surface area is 632 Å². The van der Waals surface area contributed by atoms with E-state index < -0.39 is 97.5 Å². The van der Waals surface area contributed by atoms with E-state index in [-0.39, 0.29) is 25.7 Å². The van der Waals surface area contributed by atoms with Crippen LogP contribution < -0.4 is 0 Å². The molecular formula is C84H164O17P2. The van der Waals surface area contributed by atoms with Crippen molar-refractivity contribution in [3.63, 3.8) is 0 Å². The molecule has 0 saturated carbocycles. The molecule has 0 fully saturated rings. The molecule has 103 heavy (non-hydrogen) atoms. The van der Waals surface area contributed by atoms with E-state index in [4.69, 9.17) is 37.0 Å². The van der Waals surface area contributed by atoms with Crippen LogP contribution in [0.5, 0.6) is 0 Å². The second-order valence-electron chi connectivity index (χ2n) is 31.4. The van der Waals surface area contributed by atoms with Crippen LogP contribution in [0.2, 0.25) is 0 Å². The predicted molar refractivity (Wildman–Crippen MR) is 423 cm³/mol. The van der Waals surface area contributed by atoms with Gasteiger partial charge in [-0.2, -0.15) is 0 Å². The number of phosphoric ester groups is 2. The van der Waals surface area contributed by atoms with Crippen molar-refractivity contribution in [3.05, 3.63) is 0 Å². The zero-order valence-corrected chi connectivity index (χ0v) is 69.7. The molecule has 0 radical (unpaired) electrons. The van der Waals surface area contributed by atoms with Crippen molar-refractivity contribution >= 4 is 39.5 Å². The third-order valence-corrected chi connectivity index (χ3v) is 22.6. The van der Waals surface area contributed by atoms with Crippen LogP contribution in [-0.2, 0) is 65.4 Å². The van der Waals surface area contributed by atoms with Gasteiger partial charge in [0.1, 0.15) is 19.3 Å². The largest absolute Gasteiger partial charge is 0.472 e. The average molecular weight is 1510 g/mol. The standard InChI is InChI=1S/C84H164O17P2/c1-9-75(6)61-53-45-37-31-27-23-19-14-12-13-15-21-25-29-33-40-50-58-66-83(88)100-80(71-95-82(87)65-57-49-43-42-47-55-63-77(8)11-3)73-99-103(92,93)97-69-78(85)68-96-102(90,91)98-72-79(101-84(89)67-59-51-41-35-34-38-46-54-62-76(7)10-2)70-94-81(86)64-56-48-39-32-28-24-20-17-16-18-22-26-30-36-44-52-60-74(4)5/h74-80,85H,9-73H2,1-8H3,(H,90,91)(H,92,93)/t75?,76?,77?,78-,79-,80-/m1/s1. The summed E-state index contributed by atoms with van der Waals surface area (Å²) in [7, 11) is -9.93. The highest BCUT2D eigenvalue weighted by molar-refractivity contribution is 7.47. The molecule has 0 aromatic heterocycles. The normalized spacial score (nSPS) is 14.8. The molecule has 0 rings (SSSR count). The van der Waals surface area contributed by atoms with Gasteiger partial charge >= 0.3 is 39.5 Å². The van der Waals surface area contributed by atoms with E-state index in [1.54, 1.807) is 0 Å². The predicted octanol–water partition coefficient (Wildman–Crippen LogP) is 25.2.